The van der Waals surface area contributed by atoms with Crippen LogP contribution < -0.4 is 5.32 Å². The number of hydrogen-bond acceptors (Lipinski definition) is 5. The molecular formula is C16H16F2N2O4. The Labute approximate surface area is 136 Å². The molecule has 0 saturated carbocycles. The maximum atomic E-state index is 13.2. The van der Waals surface area contributed by atoms with Crippen molar-refractivity contribution in [1.29, 1.82) is 0 Å². The second kappa shape index (κ2) is 7.91. The van der Waals surface area contributed by atoms with Crippen molar-refractivity contribution < 1.29 is 23.9 Å². The molecule has 0 spiro atoms. The molecule has 2 aromatic rings. The average Bonchev–Trinajstić information content (AvgIpc) is 2.58. The van der Waals surface area contributed by atoms with Crippen molar-refractivity contribution in [3.05, 3.63) is 75.3 Å². The Kier molecular flexibility index (Phi) is 5.91. The monoisotopic (exact) mass is 338 g/mol. The van der Waals surface area contributed by atoms with E-state index in [9.17, 15) is 29.1 Å². The van der Waals surface area contributed by atoms with Crippen molar-refractivity contribution in [2.75, 3.05) is 6.61 Å². The zero-order chi connectivity index (χ0) is 17.7. The number of nitrogens with zero attached hydrogens (tertiary/aromatic N) is 1. The highest BCUT2D eigenvalue weighted by atomic mass is 19.2. The molecule has 0 aliphatic rings. The van der Waals surface area contributed by atoms with Gasteiger partial charge in [0.2, 0.25) is 0 Å². The van der Waals surface area contributed by atoms with E-state index >= 15 is 0 Å². The van der Waals surface area contributed by atoms with E-state index in [1.54, 1.807) is 0 Å². The Balaban J connectivity index is 2.03. The van der Waals surface area contributed by atoms with Crippen LogP contribution >= 0.6 is 0 Å². The molecule has 3 N–H and O–H groups in total. The molecule has 2 rings (SSSR count). The first-order valence-electron chi connectivity index (χ1n) is 7.13. The lowest BCUT2D eigenvalue weighted by Crippen LogP contribution is -2.37. The summed E-state index contributed by atoms with van der Waals surface area (Å²) in [6.07, 6.45) is -1.12. The highest BCUT2D eigenvalue weighted by Crippen LogP contribution is 2.20. The van der Waals surface area contributed by atoms with Gasteiger partial charge in [0, 0.05) is 18.7 Å². The third-order valence-electron chi connectivity index (χ3n) is 3.58. The zero-order valence-corrected chi connectivity index (χ0v) is 12.5. The molecule has 8 heteroatoms. The Bertz CT molecular complexity index is 710. The van der Waals surface area contributed by atoms with Crippen LogP contribution in [0.15, 0.2) is 42.5 Å². The summed E-state index contributed by atoms with van der Waals surface area (Å²) < 4.78 is 26.0. The SMILES string of the molecule is O=[N+]([O-])c1ccc(C(O)C(CO)NCc2ccc(F)c(F)c2)cc1. The normalized spacial score (nSPS) is 13.5. The molecule has 2 atom stereocenters. The smallest absolute Gasteiger partial charge is 0.269 e. The second-order valence-electron chi connectivity index (χ2n) is 5.21. The van der Waals surface area contributed by atoms with Gasteiger partial charge in [-0.05, 0) is 35.4 Å². The van der Waals surface area contributed by atoms with Gasteiger partial charge in [0.1, 0.15) is 0 Å². The predicted molar refractivity (Wildman–Crippen MR) is 82.1 cm³/mol. The molecule has 0 amide bonds. The molecule has 0 aliphatic heterocycles. The number of nitro groups is 1. The fourth-order valence-corrected chi connectivity index (χ4v) is 2.20. The number of aliphatic hydroxyl groups excluding tert-OH is 2. The van der Waals surface area contributed by atoms with Crippen molar-refractivity contribution >= 4 is 5.69 Å². The molecule has 0 aliphatic carbocycles. The van der Waals surface area contributed by atoms with Crippen LogP contribution in [-0.2, 0) is 6.54 Å². The lowest BCUT2D eigenvalue weighted by molar-refractivity contribution is -0.384. The van der Waals surface area contributed by atoms with Crippen molar-refractivity contribution in [1.82, 2.24) is 5.32 Å². The van der Waals surface area contributed by atoms with E-state index in [0.717, 1.165) is 12.1 Å². The largest absolute Gasteiger partial charge is 0.395 e. The van der Waals surface area contributed by atoms with Crippen LogP contribution in [0.5, 0.6) is 0 Å². The number of aliphatic hydroxyl groups is 2. The van der Waals surface area contributed by atoms with Crippen molar-refractivity contribution in [3.8, 4) is 0 Å². The van der Waals surface area contributed by atoms with Crippen LogP contribution in [0.2, 0.25) is 0 Å². The Morgan fingerprint density at radius 2 is 1.79 bits per heavy atom. The number of hydrogen-bond donors (Lipinski definition) is 3. The van der Waals surface area contributed by atoms with E-state index in [0.29, 0.717) is 11.1 Å². The van der Waals surface area contributed by atoms with Gasteiger partial charge < -0.3 is 15.5 Å². The molecule has 0 aromatic heterocycles. The van der Waals surface area contributed by atoms with Crippen molar-refractivity contribution in [2.24, 2.45) is 0 Å². The van der Waals surface area contributed by atoms with Gasteiger partial charge in [0.15, 0.2) is 11.6 Å². The fraction of sp³-hybridized carbons (Fsp3) is 0.250. The molecular weight excluding hydrogens is 322 g/mol. The van der Waals surface area contributed by atoms with Gasteiger partial charge in [0.05, 0.1) is 23.7 Å². The number of benzene rings is 2. The minimum Gasteiger partial charge on any atom is -0.395 e. The van der Waals surface area contributed by atoms with Crippen LogP contribution in [-0.4, -0.2) is 27.8 Å². The molecule has 0 saturated heterocycles. The van der Waals surface area contributed by atoms with Crippen LogP contribution in [0.3, 0.4) is 0 Å². The second-order valence-corrected chi connectivity index (χ2v) is 5.21. The summed E-state index contributed by atoms with van der Waals surface area (Å²) in [6, 6.07) is 7.92. The summed E-state index contributed by atoms with van der Waals surface area (Å²) in [5, 5.41) is 33.1. The van der Waals surface area contributed by atoms with Crippen LogP contribution in [0, 0.1) is 21.7 Å². The third kappa shape index (κ3) is 4.31. The van der Waals surface area contributed by atoms with Gasteiger partial charge in [-0.15, -0.1) is 0 Å². The van der Waals surface area contributed by atoms with Crippen LogP contribution in [0.25, 0.3) is 0 Å². The summed E-state index contributed by atoms with van der Waals surface area (Å²) in [6.45, 7) is -0.311. The lowest BCUT2D eigenvalue weighted by atomic mass is 10.0. The van der Waals surface area contributed by atoms with E-state index in [-0.39, 0.29) is 12.2 Å². The lowest BCUT2D eigenvalue weighted by Gasteiger charge is -2.22. The topological polar surface area (TPSA) is 95.6 Å². The Morgan fingerprint density at radius 1 is 1.12 bits per heavy atom. The van der Waals surface area contributed by atoms with Crippen molar-refractivity contribution in [3.63, 3.8) is 0 Å². The van der Waals surface area contributed by atoms with E-state index in [4.69, 9.17) is 0 Å². The molecule has 0 radical (unpaired) electrons. The molecule has 24 heavy (non-hydrogen) atoms. The first kappa shape index (κ1) is 17.9. The van der Waals surface area contributed by atoms with E-state index < -0.39 is 35.3 Å². The number of rotatable bonds is 7. The fourth-order valence-electron chi connectivity index (χ4n) is 2.20. The summed E-state index contributed by atoms with van der Waals surface area (Å²) in [5.74, 6) is -1.94. The number of halogens is 2. The Morgan fingerprint density at radius 3 is 2.33 bits per heavy atom. The molecule has 2 unspecified atom stereocenters. The molecule has 0 heterocycles. The maximum absolute atomic E-state index is 13.2. The predicted octanol–water partition coefficient (Wildman–Crippen LogP) is 2.06. The highest BCUT2D eigenvalue weighted by Gasteiger charge is 2.20. The number of non-ortho nitro benzene ring substituents is 1. The molecule has 0 fully saturated rings. The van der Waals surface area contributed by atoms with Gasteiger partial charge in [-0.25, -0.2) is 8.78 Å². The molecule has 6 nitrogen and oxygen atoms in total. The van der Waals surface area contributed by atoms with Gasteiger partial charge in [-0.3, -0.25) is 10.1 Å². The maximum Gasteiger partial charge on any atom is 0.269 e. The Hall–Kier alpha value is -2.42. The van der Waals surface area contributed by atoms with Crippen LogP contribution in [0.4, 0.5) is 14.5 Å². The van der Waals surface area contributed by atoms with Crippen molar-refractivity contribution in [2.45, 2.75) is 18.7 Å². The molecule has 0 bridgehead atoms. The first-order chi connectivity index (χ1) is 11.4. The van der Waals surface area contributed by atoms with E-state index in [1.165, 1.54) is 30.3 Å². The first-order valence-corrected chi connectivity index (χ1v) is 7.13. The number of nitro benzene ring substituents is 1. The van der Waals surface area contributed by atoms with E-state index in [2.05, 4.69) is 5.32 Å². The summed E-state index contributed by atoms with van der Waals surface area (Å²) in [7, 11) is 0. The molecule has 2 aromatic carbocycles. The third-order valence-corrected chi connectivity index (χ3v) is 3.58. The molecule has 128 valence electrons. The standard InChI is InChI=1S/C16H16F2N2O4/c17-13-6-1-10(7-14(13)18)8-19-15(9-21)16(22)11-2-4-12(5-3-11)20(23)24/h1-7,15-16,19,21-22H,8-9H2. The zero-order valence-electron chi connectivity index (χ0n) is 12.5. The average molecular weight is 338 g/mol. The quantitative estimate of drug-likeness (QED) is 0.530. The van der Waals surface area contributed by atoms with Gasteiger partial charge in [0.25, 0.3) is 5.69 Å². The van der Waals surface area contributed by atoms with Crippen LogP contribution in [0.1, 0.15) is 17.2 Å². The number of nitrogens with one attached hydrogen (secondary N) is 1. The summed E-state index contributed by atoms with van der Waals surface area (Å²) >= 11 is 0. The minimum atomic E-state index is -1.12. The van der Waals surface area contributed by atoms with E-state index in [1.807, 2.05) is 0 Å². The summed E-state index contributed by atoms with van der Waals surface area (Å²) in [5.41, 5.74) is 0.724. The van der Waals surface area contributed by atoms with Gasteiger partial charge in [-0.1, -0.05) is 6.07 Å². The minimum absolute atomic E-state index is 0.104. The summed E-state index contributed by atoms with van der Waals surface area (Å²) in [4.78, 5) is 10.1. The van der Waals surface area contributed by atoms with Gasteiger partial charge >= 0.3 is 0 Å². The highest BCUT2D eigenvalue weighted by molar-refractivity contribution is 5.34. The van der Waals surface area contributed by atoms with Gasteiger partial charge in [-0.2, -0.15) is 0 Å².